The molecule has 0 saturated carbocycles. The molecule has 1 aromatic carbocycles. The van der Waals surface area contributed by atoms with Crippen LogP contribution in [0.25, 0.3) is 0 Å². The van der Waals surface area contributed by atoms with E-state index in [2.05, 4.69) is 5.32 Å². The van der Waals surface area contributed by atoms with Crippen LogP contribution in [-0.4, -0.2) is 52.7 Å². The molecular weight excluding hydrogens is 288 g/mol. The van der Waals surface area contributed by atoms with Crippen LogP contribution in [0.2, 0.25) is 0 Å². The zero-order chi connectivity index (χ0) is 13.8. The molecule has 5 nitrogen and oxygen atoms in total. The zero-order valence-electron chi connectivity index (χ0n) is 11.2. The van der Waals surface area contributed by atoms with E-state index in [4.69, 9.17) is 0 Å². The fraction of sp³-hybridized carbons (Fsp3) is 0.417. The smallest absolute Gasteiger partial charge is 0.254 e. The standard InChI is InChI=1S/C12H18N2O3S.ClH/c1-13-8-9-14(2)12(15)10-6-4-5-7-11(10)18(3,16)17;/h4-7,13H,8-9H2,1-3H3;1H. The van der Waals surface area contributed by atoms with E-state index >= 15 is 0 Å². The van der Waals surface area contributed by atoms with Gasteiger partial charge in [0, 0.05) is 26.4 Å². The van der Waals surface area contributed by atoms with Gasteiger partial charge in [-0.2, -0.15) is 0 Å². The summed E-state index contributed by atoms with van der Waals surface area (Å²) < 4.78 is 23.2. The predicted molar refractivity (Wildman–Crippen MR) is 77.7 cm³/mol. The number of rotatable bonds is 5. The van der Waals surface area contributed by atoms with Crippen LogP contribution < -0.4 is 5.32 Å². The summed E-state index contributed by atoms with van der Waals surface area (Å²) in [5.41, 5.74) is 0.221. The van der Waals surface area contributed by atoms with Gasteiger partial charge in [0.05, 0.1) is 10.5 Å². The molecule has 0 aliphatic rings. The van der Waals surface area contributed by atoms with E-state index < -0.39 is 9.84 Å². The number of nitrogens with one attached hydrogen (secondary N) is 1. The molecule has 0 spiro atoms. The number of hydrogen-bond acceptors (Lipinski definition) is 4. The highest BCUT2D eigenvalue weighted by Gasteiger charge is 2.20. The zero-order valence-corrected chi connectivity index (χ0v) is 12.8. The maximum Gasteiger partial charge on any atom is 0.254 e. The molecule has 0 bridgehead atoms. The van der Waals surface area contributed by atoms with Gasteiger partial charge in [-0.05, 0) is 19.2 Å². The average molecular weight is 307 g/mol. The Morgan fingerprint density at radius 2 is 1.89 bits per heavy atom. The SMILES string of the molecule is CNCCN(C)C(=O)c1ccccc1S(C)(=O)=O.Cl. The minimum Gasteiger partial charge on any atom is -0.340 e. The molecular formula is C12H19ClN2O3S. The summed E-state index contributed by atoms with van der Waals surface area (Å²) in [5, 5.41) is 2.94. The quantitative estimate of drug-likeness (QED) is 0.874. The van der Waals surface area contributed by atoms with Crippen LogP contribution in [-0.2, 0) is 9.84 Å². The van der Waals surface area contributed by atoms with Gasteiger partial charge in [0.15, 0.2) is 9.84 Å². The lowest BCUT2D eigenvalue weighted by Gasteiger charge is -2.18. The van der Waals surface area contributed by atoms with Crippen molar-refractivity contribution >= 4 is 28.2 Å². The Bertz CT molecular complexity index is 532. The van der Waals surface area contributed by atoms with Gasteiger partial charge in [-0.1, -0.05) is 12.1 Å². The van der Waals surface area contributed by atoms with E-state index in [0.29, 0.717) is 13.1 Å². The summed E-state index contributed by atoms with van der Waals surface area (Å²) in [6.07, 6.45) is 1.10. The van der Waals surface area contributed by atoms with Crippen molar-refractivity contribution in [1.29, 1.82) is 0 Å². The molecule has 0 unspecified atom stereocenters. The summed E-state index contributed by atoms with van der Waals surface area (Å²) in [6.45, 7) is 1.18. The van der Waals surface area contributed by atoms with Gasteiger partial charge < -0.3 is 10.2 Å². The third kappa shape index (κ3) is 4.81. The first kappa shape index (κ1) is 17.9. The Morgan fingerprint density at radius 3 is 2.42 bits per heavy atom. The molecule has 0 radical (unpaired) electrons. The van der Waals surface area contributed by atoms with Crippen LogP contribution in [0.5, 0.6) is 0 Å². The number of sulfone groups is 1. The lowest BCUT2D eigenvalue weighted by Crippen LogP contribution is -2.33. The molecule has 1 aromatic rings. The van der Waals surface area contributed by atoms with Gasteiger partial charge in [-0.3, -0.25) is 4.79 Å². The second-order valence-electron chi connectivity index (χ2n) is 4.10. The first-order valence-electron chi connectivity index (χ1n) is 5.57. The minimum absolute atomic E-state index is 0. The van der Waals surface area contributed by atoms with Gasteiger partial charge >= 0.3 is 0 Å². The summed E-state index contributed by atoms with van der Waals surface area (Å²) in [5.74, 6) is -0.286. The van der Waals surface area contributed by atoms with E-state index in [-0.39, 0.29) is 28.8 Å². The van der Waals surface area contributed by atoms with E-state index in [9.17, 15) is 13.2 Å². The molecule has 1 amide bonds. The highest BCUT2D eigenvalue weighted by molar-refractivity contribution is 7.90. The van der Waals surface area contributed by atoms with Crippen molar-refractivity contribution in [2.24, 2.45) is 0 Å². The number of benzene rings is 1. The molecule has 1 rings (SSSR count). The van der Waals surface area contributed by atoms with Crippen molar-refractivity contribution in [2.75, 3.05) is 33.4 Å². The number of likely N-dealkylation sites (N-methyl/N-ethyl adjacent to an activating group) is 2. The first-order valence-corrected chi connectivity index (χ1v) is 7.46. The van der Waals surface area contributed by atoms with Crippen molar-refractivity contribution in [3.63, 3.8) is 0 Å². The van der Waals surface area contributed by atoms with Crippen LogP contribution >= 0.6 is 12.4 Å². The van der Waals surface area contributed by atoms with Crippen molar-refractivity contribution in [3.05, 3.63) is 29.8 Å². The molecule has 0 aliphatic heterocycles. The second-order valence-corrected chi connectivity index (χ2v) is 6.08. The summed E-state index contributed by atoms with van der Waals surface area (Å²) in [6, 6.07) is 6.26. The van der Waals surface area contributed by atoms with E-state index in [1.165, 1.54) is 17.0 Å². The Balaban J connectivity index is 0.00000324. The van der Waals surface area contributed by atoms with Crippen LogP contribution in [0.3, 0.4) is 0 Å². The van der Waals surface area contributed by atoms with Gasteiger partial charge in [0.2, 0.25) is 0 Å². The lowest BCUT2D eigenvalue weighted by atomic mass is 10.2. The van der Waals surface area contributed by atoms with Crippen molar-refractivity contribution < 1.29 is 13.2 Å². The van der Waals surface area contributed by atoms with E-state index in [1.54, 1.807) is 26.2 Å². The fourth-order valence-electron chi connectivity index (χ4n) is 1.55. The van der Waals surface area contributed by atoms with Gasteiger partial charge in [0.1, 0.15) is 0 Å². The Kier molecular flexibility index (Phi) is 7.04. The number of carbonyl (C=O) groups excluding carboxylic acids is 1. The van der Waals surface area contributed by atoms with Gasteiger partial charge in [-0.15, -0.1) is 12.4 Å². The molecule has 0 atom stereocenters. The predicted octanol–water partition coefficient (Wildman–Crippen LogP) is 0.803. The highest BCUT2D eigenvalue weighted by atomic mass is 35.5. The summed E-state index contributed by atoms with van der Waals surface area (Å²) in [4.78, 5) is 13.7. The molecule has 0 aliphatic carbocycles. The highest BCUT2D eigenvalue weighted by Crippen LogP contribution is 2.16. The third-order valence-electron chi connectivity index (χ3n) is 2.56. The molecule has 0 saturated heterocycles. The number of carbonyl (C=O) groups is 1. The fourth-order valence-corrected chi connectivity index (χ4v) is 2.43. The number of nitrogens with zero attached hydrogens (tertiary/aromatic N) is 1. The third-order valence-corrected chi connectivity index (χ3v) is 3.72. The number of hydrogen-bond donors (Lipinski definition) is 1. The first-order chi connectivity index (χ1) is 8.38. The summed E-state index contributed by atoms with van der Waals surface area (Å²) >= 11 is 0. The van der Waals surface area contributed by atoms with Crippen LogP contribution in [0.15, 0.2) is 29.2 Å². The molecule has 7 heteroatoms. The van der Waals surface area contributed by atoms with Crippen LogP contribution in [0, 0.1) is 0 Å². The van der Waals surface area contributed by atoms with Crippen molar-refractivity contribution in [3.8, 4) is 0 Å². The Morgan fingerprint density at radius 1 is 1.32 bits per heavy atom. The molecule has 1 N–H and O–H groups in total. The summed E-state index contributed by atoms with van der Waals surface area (Å²) in [7, 11) is 0.0503. The van der Waals surface area contributed by atoms with Crippen molar-refractivity contribution in [1.82, 2.24) is 10.2 Å². The molecule has 108 valence electrons. The Hall–Kier alpha value is -1.11. The van der Waals surface area contributed by atoms with Crippen molar-refractivity contribution in [2.45, 2.75) is 4.90 Å². The van der Waals surface area contributed by atoms with Crippen LogP contribution in [0.1, 0.15) is 10.4 Å². The van der Waals surface area contributed by atoms with Gasteiger partial charge in [0.25, 0.3) is 5.91 Å². The lowest BCUT2D eigenvalue weighted by molar-refractivity contribution is 0.0793. The monoisotopic (exact) mass is 306 g/mol. The molecule has 19 heavy (non-hydrogen) atoms. The number of halogens is 1. The van der Waals surface area contributed by atoms with Gasteiger partial charge in [-0.25, -0.2) is 8.42 Å². The second kappa shape index (κ2) is 7.47. The average Bonchev–Trinajstić information content (AvgIpc) is 2.34. The normalized spacial score (nSPS) is 10.7. The largest absolute Gasteiger partial charge is 0.340 e. The van der Waals surface area contributed by atoms with E-state index in [0.717, 1.165) is 6.26 Å². The Labute approximate surface area is 120 Å². The molecule has 0 aromatic heterocycles. The number of amides is 1. The topological polar surface area (TPSA) is 66.5 Å². The maximum absolute atomic E-state index is 12.2. The molecule has 0 fully saturated rings. The van der Waals surface area contributed by atoms with Crippen LogP contribution in [0.4, 0.5) is 0 Å². The maximum atomic E-state index is 12.2. The minimum atomic E-state index is -3.40. The van der Waals surface area contributed by atoms with E-state index in [1.807, 2.05) is 0 Å². The molecule has 0 heterocycles.